The van der Waals surface area contributed by atoms with Gasteiger partial charge in [0.1, 0.15) is 11.6 Å². The number of carbonyl (C=O) groups is 1. The van der Waals surface area contributed by atoms with Crippen LogP contribution >= 0.6 is 0 Å². The summed E-state index contributed by atoms with van der Waals surface area (Å²) in [6, 6.07) is 18.5. The van der Waals surface area contributed by atoms with Crippen LogP contribution in [0.25, 0.3) is 21.8 Å². The lowest BCUT2D eigenvalue weighted by atomic mass is 9.96. The van der Waals surface area contributed by atoms with Gasteiger partial charge >= 0.3 is 6.55 Å². The highest BCUT2D eigenvalue weighted by Crippen LogP contribution is 2.28. The molecule has 0 fully saturated rings. The molecule has 0 bridgehead atoms. The number of amides is 1. The number of hydrogen-bond acceptors (Lipinski definition) is 3. The molecule has 4 rings (SSSR count). The number of ether oxygens (including phenoxy) is 1. The number of aromatic nitrogens is 2. The molecule has 1 heterocycles. The predicted molar refractivity (Wildman–Crippen MR) is 121 cm³/mol. The first-order chi connectivity index (χ1) is 15.4. The first kappa shape index (κ1) is 21.7. The number of halogens is 2. The summed E-state index contributed by atoms with van der Waals surface area (Å²) in [5, 5.41) is 4.94. The first-order valence-electron chi connectivity index (χ1n) is 10.5. The minimum Gasteiger partial charge on any atom is -0.497 e. The Morgan fingerprint density at radius 3 is 2.53 bits per heavy atom. The van der Waals surface area contributed by atoms with Crippen LogP contribution in [0, 0.1) is 0 Å². The molecule has 0 unspecified atom stereocenters. The van der Waals surface area contributed by atoms with E-state index in [9.17, 15) is 13.6 Å². The van der Waals surface area contributed by atoms with E-state index in [1.165, 1.54) is 0 Å². The van der Waals surface area contributed by atoms with Crippen LogP contribution in [-0.2, 0) is 4.79 Å². The minimum atomic E-state index is -2.70. The molecular weight excluding hydrogens is 412 g/mol. The molecule has 0 spiro atoms. The van der Waals surface area contributed by atoms with Crippen molar-refractivity contribution in [1.82, 2.24) is 14.9 Å². The first-order valence-corrected chi connectivity index (χ1v) is 10.5. The summed E-state index contributed by atoms with van der Waals surface area (Å²) in [5.41, 5.74) is 1.78. The Balaban J connectivity index is 1.48. The van der Waals surface area contributed by atoms with Crippen molar-refractivity contribution in [3.05, 3.63) is 72.1 Å². The normalized spacial score (nSPS) is 13.4. The quantitative estimate of drug-likeness (QED) is 0.408. The van der Waals surface area contributed by atoms with Crippen molar-refractivity contribution < 1.29 is 18.3 Å². The molecule has 0 saturated heterocycles. The van der Waals surface area contributed by atoms with Gasteiger partial charge in [-0.05, 0) is 47.5 Å². The monoisotopic (exact) mass is 437 g/mol. The number of carbonyl (C=O) groups excluding carboxylic acids is 1. The number of nitrogens with one attached hydrogen (secondary N) is 1. The Morgan fingerprint density at radius 2 is 1.78 bits per heavy atom. The molecule has 4 aromatic rings. The Hall–Kier alpha value is -3.48. The third-order valence-electron chi connectivity index (χ3n) is 5.81. The zero-order chi connectivity index (χ0) is 22.8. The molecule has 166 valence electrons. The molecule has 0 aliphatic carbocycles. The van der Waals surface area contributed by atoms with Crippen LogP contribution < -0.4 is 10.1 Å². The summed E-state index contributed by atoms with van der Waals surface area (Å²) in [4.78, 5) is 17.2. The number of nitrogens with zero attached hydrogens (tertiary/aromatic N) is 2. The van der Waals surface area contributed by atoms with E-state index in [4.69, 9.17) is 4.74 Å². The number of para-hydroxylation sites is 2. The third-order valence-corrected chi connectivity index (χ3v) is 5.81. The molecule has 3 aromatic carbocycles. The second kappa shape index (κ2) is 8.94. The molecule has 1 N–H and O–H groups in total. The Bertz CT molecular complexity index is 1270. The van der Waals surface area contributed by atoms with Crippen LogP contribution in [0.2, 0.25) is 0 Å². The molecular formula is C25H25F2N3O2. The topological polar surface area (TPSA) is 56.1 Å². The van der Waals surface area contributed by atoms with Crippen LogP contribution in [0.15, 0.2) is 60.7 Å². The summed E-state index contributed by atoms with van der Waals surface area (Å²) >= 11 is 0. The van der Waals surface area contributed by atoms with Gasteiger partial charge in [-0.2, -0.15) is 8.78 Å². The molecule has 32 heavy (non-hydrogen) atoms. The van der Waals surface area contributed by atoms with E-state index in [0.29, 0.717) is 11.0 Å². The van der Waals surface area contributed by atoms with Gasteiger partial charge in [0.2, 0.25) is 5.91 Å². The average Bonchev–Trinajstić information content (AvgIpc) is 3.21. The van der Waals surface area contributed by atoms with E-state index in [2.05, 4.69) is 10.3 Å². The zero-order valence-electron chi connectivity index (χ0n) is 18.2. The Morgan fingerprint density at radius 1 is 1.06 bits per heavy atom. The van der Waals surface area contributed by atoms with E-state index in [1.807, 2.05) is 43.3 Å². The second-order valence-corrected chi connectivity index (χ2v) is 7.95. The lowest BCUT2D eigenvalue weighted by Gasteiger charge is -2.17. The minimum absolute atomic E-state index is 0.163. The fraction of sp³-hybridized carbons (Fsp3) is 0.280. The molecule has 0 saturated carbocycles. The highest BCUT2D eigenvalue weighted by Gasteiger charge is 2.23. The van der Waals surface area contributed by atoms with Crippen LogP contribution in [0.5, 0.6) is 5.75 Å². The van der Waals surface area contributed by atoms with Gasteiger partial charge in [0.25, 0.3) is 0 Å². The van der Waals surface area contributed by atoms with Gasteiger partial charge < -0.3 is 10.1 Å². The summed E-state index contributed by atoms with van der Waals surface area (Å²) < 4.78 is 33.6. The smallest absolute Gasteiger partial charge is 0.320 e. The molecule has 1 aromatic heterocycles. The highest BCUT2D eigenvalue weighted by atomic mass is 19.3. The summed E-state index contributed by atoms with van der Waals surface area (Å²) in [6.07, 6.45) is 0. The van der Waals surface area contributed by atoms with Gasteiger partial charge in [-0.25, -0.2) is 4.98 Å². The van der Waals surface area contributed by atoms with Gasteiger partial charge in [0.05, 0.1) is 24.1 Å². The van der Waals surface area contributed by atoms with Crippen molar-refractivity contribution in [2.24, 2.45) is 0 Å². The number of methoxy groups -OCH3 is 1. The average molecular weight is 437 g/mol. The number of imidazole rings is 1. The molecule has 2 atom stereocenters. The fourth-order valence-corrected chi connectivity index (χ4v) is 3.90. The van der Waals surface area contributed by atoms with Crippen molar-refractivity contribution >= 4 is 27.7 Å². The second-order valence-electron chi connectivity index (χ2n) is 7.95. The van der Waals surface area contributed by atoms with Crippen LogP contribution in [0.1, 0.15) is 43.6 Å². The molecule has 0 aliphatic heterocycles. The van der Waals surface area contributed by atoms with E-state index >= 15 is 0 Å². The molecule has 0 aliphatic rings. The van der Waals surface area contributed by atoms with Crippen molar-refractivity contribution in [2.45, 2.75) is 32.2 Å². The van der Waals surface area contributed by atoms with Crippen LogP contribution in [0.4, 0.5) is 8.78 Å². The summed E-state index contributed by atoms with van der Waals surface area (Å²) in [5.74, 6) is 0.109. The number of rotatable bonds is 7. The van der Waals surface area contributed by atoms with Gasteiger partial charge in [-0.3, -0.25) is 9.36 Å². The Labute approximate surface area is 185 Å². The lowest BCUT2D eigenvalue weighted by Crippen LogP contribution is -2.32. The van der Waals surface area contributed by atoms with Gasteiger partial charge in [-0.15, -0.1) is 0 Å². The predicted octanol–water partition coefficient (Wildman–Crippen LogP) is 5.62. The van der Waals surface area contributed by atoms with Gasteiger partial charge in [0, 0.05) is 12.5 Å². The van der Waals surface area contributed by atoms with Crippen LogP contribution in [-0.4, -0.2) is 29.1 Å². The maximum absolute atomic E-state index is 13.7. The maximum Gasteiger partial charge on any atom is 0.320 e. The van der Waals surface area contributed by atoms with Crippen molar-refractivity contribution in [3.8, 4) is 5.75 Å². The maximum atomic E-state index is 13.7. The van der Waals surface area contributed by atoms with E-state index in [-0.39, 0.29) is 30.1 Å². The standard InChI is InChI=1S/C25H25F2N3O2/c1-15(23-29-21-6-4-5-7-22(21)30(23)25(26)27)14-28-24(31)16(2)17-8-9-19-13-20(32-3)11-10-18(19)12-17/h4-13,15-16,25H,14H2,1-3H3,(H,28,31)/t15-,16+/m1/s1. The summed E-state index contributed by atoms with van der Waals surface area (Å²) in [7, 11) is 1.62. The van der Waals surface area contributed by atoms with Crippen molar-refractivity contribution in [2.75, 3.05) is 13.7 Å². The number of alkyl halides is 2. The van der Waals surface area contributed by atoms with Gasteiger partial charge in [-0.1, -0.05) is 43.3 Å². The SMILES string of the molecule is COc1ccc2cc([C@H](C)C(=O)NC[C@@H](C)c3nc4ccccc4n3C(F)F)ccc2c1. The fourth-order valence-electron chi connectivity index (χ4n) is 3.90. The largest absolute Gasteiger partial charge is 0.497 e. The highest BCUT2D eigenvalue weighted by molar-refractivity contribution is 5.88. The molecule has 5 nitrogen and oxygen atoms in total. The molecule has 7 heteroatoms. The number of fused-ring (bicyclic) bond motifs is 2. The third kappa shape index (κ3) is 4.15. The number of benzene rings is 3. The van der Waals surface area contributed by atoms with Crippen LogP contribution in [0.3, 0.4) is 0 Å². The molecule has 1 amide bonds. The van der Waals surface area contributed by atoms with Crippen molar-refractivity contribution in [3.63, 3.8) is 0 Å². The number of hydrogen-bond donors (Lipinski definition) is 1. The van der Waals surface area contributed by atoms with Gasteiger partial charge in [0.15, 0.2) is 0 Å². The molecule has 0 radical (unpaired) electrons. The van der Waals surface area contributed by atoms with E-state index < -0.39 is 6.55 Å². The Kier molecular flexibility index (Phi) is 6.08. The summed E-state index contributed by atoms with van der Waals surface area (Å²) in [6.45, 7) is 1.13. The van der Waals surface area contributed by atoms with E-state index in [0.717, 1.165) is 26.7 Å². The van der Waals surface area contributed by atoms with E-state index in [1.54, 1.807) is 38.3 Å². The lowest BCUT2D eigenvalue weighted by molar-refractivity contribution is -0.122. The zero-order valence-corrected chi connectivity index (χ0v) is 18.2. The van der Waals surface area contributed by atoms with Crippen molar-refractivity contribution in [1.29, 1.82) is 0 Å².